The number of nitrogens with two attached hydrogens (primary N) is 1. The summed E-state index contributed by atoms with van der Waals surface area (Å²) >= 11 is 0. The second-order valence-corrected chi connectivity index (χ2v) is 4.13. The smallest absolute Gasteiger partial charge is 0.239 e. The highest BCUT2D eigenvalue weighted by Gasteiger charge is 2.24. The highest BCUT2D eigenvalue weighted by atomic mass is 16.2. The Balaban J connectivity index is 2.11. The van der Waals surface area contributed by atoms with Crippen molar-refractivity contribution in [1.82, 2.24) is 9.88 Å². The topological polar surface area (TPSA) is 59.2 Å². The lowest BCUT2D eigenvalue weighted by Crippen LogP contribution is -2.45. The van der Waals surface area contributed by atoms with Crippen molar-refractivity contribution in [2.45, 2.75) is 32.4 Å². The van der Waals surface area contributed by atoms with Crippen LogP contribution in [-0.2, 0) is 17.8 Å². The molecule has 2 N–H and O–H groups in total. The predicted octanol–water partition coefficient (Wildman–Crippen LogP) is 0.704. The Morgan fingerprint density at radius 3 is 3.25 bits per heavy atom. The molecule has 0 unspecified atom stereocenters. The summed E-state index contributed by atoms with van der Waals surface area (Å²) in [7, 11) is 0. The molecule has 0 fully saturated rings. The van der Waals surface area contributed by atoms with Gasteiger partial charge in [-0.05, 0) is 18.1 Å². The molecule has 0 spiro atoms. The van der Waals surface area contributed by atoms with Crippen LogP contribution in [0.2, 0.25) is 0 Å². The van der Waals surface area contributed by atoms with Gasteiger partial charge in [-0.1, -0.05) is 13.0 Å². The standard InChI is InChI=1S/C12H17N3O/c1-2-10(13)12(16)15-7-5-11-9(8-15)4-3-6-14-11/h3-4,6,10H,2,5,7-8,13H2,1H3/t10-/m1/s1. The molecule has 4 nitrogen and oxygen atoms in total. The van der Waals surface area contributed by atoms with Gasteiger partial charge in [-0.15, -0.1) is 0 Å². The zero-order valence-electron chi connectivity index (χ0n) is 9.52. The van der Waals surface area contributed by atoms with Crippen LogP contribution in [0.3, 0.4) is 0 Å². The number of carbonyl (C=O) groups is 1. The fourth-order valence-corrected chi connectivity index (χ4v) is 1.96. The molecule has 1 aliphatic heterocycles. The Kier molecular flexibility index (Phi) is 3.19. The van der Waals surface area contributed by atoms with Crippen LogP contribution in [-0.4, -0.2) is 28.4 Å². The number of hydrogen-bond donors (Lipinski definition) is 1. The summed E-state index contributed by atoms with van der Waals surface area (Å²) in [5.74, 6) is 0.0528. The molecule has 2 heterocycles. The van der Waals surface area contributed by atoms with Gasteiger partial charge in [-0.2, -0.15) is 0 Å². The van der Waals surface area contributed by atoms with Crippen molar-refractivity contribution in [2.75, 3.05) is 6.54 Å². The van der Waals surface area contributed by atoms with Crippen LogP contribution in [0.1, 0.15) is 24.6 Å². The Bertz CT molecular complexity index is 392. The minimum Gasteiger partial charge on any atom is -0.337 e. The van der Waals surface area contributed by atoms with Gasteiger partial charge in [-0.25, -0.2) is 0 Å². The first-order valence-electron chi connectivity index (χ1n) is 5.69. The van der Waals surface area contributed by atoms with E-state index < -0.39 is 0 Å². The van der Waals surface area contributed by atoms with Gasteiger partial charge < -0.3 is 10.6 Å². The highest BCUT2D eigenvalue weighted by molar-refractivity contribution is 5.81. The summed E-state index contributed by atoms with van der Waals surface area (Å²) < 4.78 is 0. The molecular weight excluding hydrogens is 202 g/mol. The fraction of sp³-hybridized carbons (Fsp3) is 0.500. The maximum Gasteiger partial charge on any atom is 0.239 e. The summed E-state index contributed by atoms with van der Waals surface area (Å²) in [5, 5.41) is 0. The van der Waals surface area contributed by atoms with Crippen LogP contribution in [0.5, 0.6) is 0 Å². The van der Waals surface area contributed by atoms with E-state index in [2.05, 4.69) is 4.98 Å². The van der Waals surface area contributed by atoms with E-state index >= 15 is 0 Å². The molecule has 0 saturated heterocycles. The number of pyridine rings is 1. The molecule has 4 heteroatoms. The van der Waals surface area contributed by atoms with Crippen molar-refractivity contribution < 1.29 is 4.79 Å². The van der Waals surface area contributed by atoms with Crippen molar-refractivity contribution >= 4 is 5.91 Å². The number of rotatable bonds is 2. The van der Waals surface area contributed by atoms with Crippen molar-refractivity contribution in [3.8, 4) is 0 Å². The van der Waals surface area contributed by atoms with E-state index in [-0.39, 0.29) is 11.9 Å². The number of nitrogens with zero attached hydrogens (tertiary/aromatic N) is 2. The lowest BCUT2D eigenvalue weighted by Gasteiger charge is -2.29. The molecule has 1 aliphatic rings. The van der Waals surface area contributed by atoms with E-state index in [1.54, 1.807) is 6.20 Å². The first kappa shape index (κ1) is 11.1. The Labute approximate surface area is 95.5 Å². The predicted molar refractivity (Wildman–Crippen MR) is 61.6 cm³/mol. The SMILES string of the molecule is CC[C@@H](N)C(=O)N1CCc2ncccc2C1. The van der Waals surface area contributed by atoms with E-state index in [4.69, 9.17) is 5.73 Å². The van der Waals surface area contributed by atoms with E-state index in [0.717, 1.165) is 24.2 Å². The maximum atomic E-state index is 11.9. The number of hydrogen-bond acceptors (Lipinski definition) is 3. The molecule has 1 amide bonds. The van der Waals surface area contributed by atoms with Crippen molar-refractivity contribution in [2.24, 2.45) is 5.73 Å². The van der Waals surface area contributed by atoms with Gasteiger partial charge in [0, 0.05) is 31.4 Å². The molecule has 0 aromatic carbocycles. The molecule has 0 radical (unpaired) electrons. The van der Waals surface area contributed by atoms with Gasteiger partial charge in [0.15, 0.2) is 0 Å². The number of amides is 1. The molecule has 0 aliphatic carbocycles. The summed E-state index contributed by atoms with van der Waals surface area (Å²) in [5.41, 5.74) is 8.01. The van der Waals surface area contributed by atoms with Gasteiger partial charge in [-0.3, -0.25) is 9.78 Å². The average Bonchev–Trinajstić information content (AvgIpc) is 2.36. The van der Waals surface area contributed by atoms with E-state index in [0.29, 0.717) is 13.0 Å². The summed E-state index contributed by atoms with van der Waals surface area (Å²) in [6.45, 7) is 3.31. The molecule has 86 valence electrons. The van der Waals surface area contributed by atoms with Gasteiger partial charge in [0.05, 0.1) is 6.04 Å². The van der Waals surface area contributed by atoms with Gasteiger partial charge in [0.25, 0.3) is 0 Å². The maximum absolute atomic E-state index is 11.9. The largest absolute Gasteiger partial charge is 0.337 e. The van der Waals surface area contributed by atoms with E-state index in [1.165, 1.54) is 0 Å². The van der Waals surface area contributed by atoms with Gasteiger partial charge in [0.1, 0.15) is 0 Å². The van der Waals surface area contributed by atoms with E-state index in [1.807, 2.05) is 24.0 Å². The van der Waals surface area contributed by atoms with Crippen LogP contribution in [0.4, 0.5) is 0 Å². The molecular formula is C12H17N3O. The summed E-state index contributed by atoms with van der Waals surface area (Å²) in [6.07, 6.45) is 3.32. The van der Waals surface area contributed by atoms with Crippen LogP contribution >= 0.6 is 0 Å². The summed E-state index contributed by atoms with van der Waals surface area (Å²) in [4.78, 5) is 18.1. The van der Waals surface area contributed by atoms with Gasteiger partial charge >= 0.3 is 0 Å². The quantitative estimate of drug-likeness (QED) is 0.796. The van der Waals surface area contributed by atoms with Crippen LogP contribution < -0.4 is 5.73 Å². The van der Waals surface area contributed by atoms with Gasteiger partial charge in [0.2, 0.25) is 5.91 Å². The van der Waals surface area contributed by atoms with Crippen molar-refractivity contribution in [3.63, 3.8) is 0 Å². The molecule has 1 aromatic heterocycles. The van der Waals surface area contributed by atoms with E-state index in [9.17, 15) is 4.79 Å². The fourth-order valence-electron chi connectivity index (χ4n) is 1.96. The molecule has 0 bridgehead atoms. The lowest BCUT2D eigenvalue weighted by molar-refractivity contribution is -0.133. The first-order chi connectivity index (χ1) is 7.72. The number of carbonyl (C=O) groups excluding carboxylic acids is 1. The third kappa shape index (κ3) is 2.07. The van der Waals surface area contributed by atoms with Crippen LogP contribution in [0.25, 0.3) is 0 Å². The molecule has 0 saturated carbocycles. The van der Waals surface area contributed by atoms with Crippen molar-refractivity contribution in [1.29, 1.82) is 0 Å². The first-order valence-corrected chi connectivity index (χ1v) is 5.69. The average molecular weight is 219 g/mol. The Hall–Kier alpha value is -1.42. The molecule has 1 atom stereocenters. The molecule has 2 rings (SSSR count). The zero-order valence-corrected chi connectivity index (χ0v) is 9.52. The second-order valence-electron chi connectivity index (χ2n) is 4.13. The second kappa shape index (κ2) is 4.61. The monoisotopic (exact) mass is 219 g/mol. The molecule has 16 heavy (non-hydrogen) atoms. The third-order valence-corrected chi connectivity index (χ3v) is 3.03. The Morgan fingerprint density at radius 1 is 1.69 bits per heavy atom. The minimum absolute atomic E-state index is 0.0528. The molecule has 1 aromatic rings. The zero-order chi connectivity index (χ0) is 11.5. The van der Waals surface area contributed by atoms with Crippen LogP contribution in [0.15, 0.2) is 18.3 Å². The highest BCUT2D eigenvalue weighted by Crippen LogP contribution is 2.16. The minimum atomic E-state index is -0.363. The van der Waals surface area contributed by atoms with Crippen LogP contribution in [0, 0.1) is 0 Å². The summed E-state index contributed by atoms with van der Waals surface area (Å²) in [6, 6.07) is 3.57. The Morgan fingerprint density at radius 2 is 2.50 bits per heavy atom. The number of aromatic nitrogens is 1. The lowest BCUT2D eigenvalue weighted by atomic mass is 10.0. The third-order valence-electron chi connectivity index (χ3n) is 3.03. The normalized spacial score (nSPS) is 16.8. The number of fused-ring (bicyclic) bond motifs is 1. The van der Waals surface area contributed by atoms with Crippen molar-refractivity contribution in [3.05, 3.63) is 29.6 Å².